The van der Waals surface area contributed by atoms with E-state index in [2.05, 4.69) is 16.0 Å². The zero-order valence-corrected chi connectivity index (χ0v) is 31.1. The molecule has 4 N–H and O–H groups in total. The van der Waals surface area contributed by atoms with E-state index in [0.717, 1.165) is 5.56 Å². The van der Waals surface area contributed by atoms with E-state index in [4.69, 9.17) is 9.47 Å². The number of ether oxygens (including phenoxy) is 2. The first-order valence-corrected chi connectivity index (χ1v) is 17.6. The number of phenolic OH excluding ortho intramolecular Hbond substituents is 1. The fourth-order valence-corrected chi connectivity index (χ4v) is 5.75. The van der Waals surface area contributed by atoms with E-state index in [-0.39, 0.29) is 50.1 Å². The minimum Gasteiger partial charge on any atom is -0.508 e. The molecular weight excluding hydrogens is 670 g/mol. The molecule has 1 fully saturated rings. The van der Waals surface area contributed by atoms with Crippen LogP contribution in [-0.4, -0.2) is 107 Å². The van der Waals surface area contributed by atoms with Gasteiger partial charge in [0.1, 0.15) is 35.5 Å². The maximum atomic E-state index is 14.1. The molecule has 2 aromatic rings. The van der Waals surface area contributed by atoms with Gasteiger partial charge in [-0.2, -0.15) is 0 Å². The van der Waals surface area contributed by atoms with Crippen LogP contribution in [0.1, 0.15) is 66.0 Å². The van der Waals surface area contributed by atoms with Gasteiger partial charge in [-0.3, -0.25) is 24.1 Å². The van der Waals surface area contributed by atoms with Gasteiger partial charge in [0.2, 0.25) is 23.6 Å². The van der Waals surface area contributed by atoms with Gasteiger partial charge in [-0.1, -0.05) is 56.3 Å². The fraction of sp³-hybridized carbons (Fsp3) is 0.526. The summed E-state index contributed by atoms with van der Waals surface area (Å²) in [5, 5.41) is 17.3. The number of hydrogen-bond donors (Lipinski definition) is 4. The van der Waals surface area contributed by atoms with Crippen molar-refractivity contribution in [3.05, 3.63) is 65.7 Å². The van der Waals surface area contributed by atoms with Crippen molar-refractivity contribution in [2.24, 2.45) is 5.92 Å². The number of hydrogen-bond acceptors (Lipinski definition) is 9. The zero-order chi connectivity index (χ0) is 38.6. The van der Waals surface area contributed by atoms with Gasteiger partial charge in [-0.05, 0) is 70.2 Å². The van der Waals surface area contributed by atoms with Gasteiger partial charge in [0.05, 0.1) is 13.2 Å². The molecule has 1 aliphatic rings. The fourth-order valence-electron chi connectivity index (χ4n) is 5.75. The quantitative estimate of drug-likeness (QED) is 0.201. The van der Waals surface area contributed by atoms with Crippen molar-refractivity contribution in [3.8, 4) is 5.75 Å². The Labute approximate surface area is 305 Å². The molecule has 5 amide bonds. The molecule has 4 atom stereocenters. The molecule has 1 aliphatic heterocycles. The molecule has 52 heavy (non-hydrogen) atoms. The monoisotopic (exact) mass is 723 g/mol. The van der Waals surface area contributed by atoms with Crippen LogP contribution < -0.4 is 16.0 Å². The van der Waals surface area contributed by atoms with E-state index in [0.29, 0.717) is 12.0 Å². The van der Waals surface area contributed by atoms with Crippen LogP contribution in [0.25, 0.3) is 0 Å². The Kier molecular flexibility index (Phi) is 15.0. The van der Waals surface area contributed by atoms with Gasteiger partial charge in [-0.15, -0.1) is 0 Å². The second-order valence-electron chi connectivity index (χ2n) is 14.2. The smallest absolute Gasteiger partial charge is 0.411 e. The molecule has 0 bridgehead atoms. The number of rotatable bonds is 15. The summed E-state index contributed by atoms with van der Waals surface area (Å²) in [5.41, 5.74) is 0.703. The summed E-state index contributed by atoms with van der Waals surface area (Å²) in [6.45, 7) is 12.1. The minimum absolute atomic E-state index is 0.0537. The van der Waals surface area contributed by atoms with Crippen LogP contribution in [0.15, 0.2) is 54.6 Å². The van der Waals surface area contributed by atoms with Crippen LogP contribution in [0, 0.1) is 5.92 Å². The lowest BCUT2D eigenvalue weighted by atomic mass is 9.96. The number of nitrogens with zero attached hydrogens (tertiary/aromatic N) is 2. The predicted octanol–water partition coefficient (Wildman–Crippen LogP) is 2.71. The van der Waals surface area contributed by atoms with Crippen molar-refractivity contribution in [1.29, 1.82) is 0 Å². The van der Waals surface area contributed by atoms with E-state index >= 15 is 0 Å². The Morgan fingerprint density at radius 1 is 0.885 bits per heavy atom. The van der Waals surface area contributed by atoms with Crippen molar-refractivity contribution >= 4 is 35.7 Å². The summed E-state index contributed by atoms with van der Waals surface area (Å²) in [7, 11) is 0. The number of carbonyl (C=O) groups excluding carboxylic acids is 6. The maximum absolute atomic E-state index is 14.1. The average Bonchev–Trinajstić information content (AvgIpc) is 3.07. The second kappa shape index (κ2) is 18.9. The number of amides is 5. The first-order valence-electron chi connectivity index (χ1n) is 17.6. The molecule has 0 unspecified atom stereocenters. The van der Waals surface area contributed by atoms with Crippen LogP contribution in [0.2, 0.25) is 0 Å². The third kappa shape index (κ3) is 12.6. The molecule has 1 heterocycles. The van der Waals surface area contributed by atoms with Gasteiger partial charge >= 0.3 is 12.1 Å². The highest BCUT2D eigenvalue weighted by Crippen LogP contribution is 2.24. The SMILES string of the molecule is CCOC(=O)[C@H](Cc1ccc(O)cc1)NC(=O)[C@@H](C)NC(=O)CNC(=O)[C@H](Cc1ccccc1)N1CCN(C(=O)OC(C)(C)C)[C@@H](CC(C)C)C1=O. The molecule has 14 heteroatoms. The third-order valence-electron chi connectivity index (χ3n) is 8.26. The minimum atomic E-state index is -1.08. The van der Waals surface area contributed by atoms with Crippen molar-refractivity contribution in [2.75, 3.05) is 26.2 Å². The molecule has 0 radical (unpaired) electrons. The molecule has 1 saturated heterocycles. The molecule has 284 valence electrons. The Bertz CT molecular complexity index is 1540. The molecule has 0 aliphatic carbocycles. The van der Waals surface area contributed by atoms with Gasteiger partial charge in [-0.25, -0.2) is 9.59 Å². The molecule has 0 saturated carbocycles. The number of benzene rings is 2. The van der Waals surface area contributed by atoms with Crippen LogP contribution in [0.3, 0.4) is 0 Å². The molecule has 0 spiro atoms. The third-order valence-corrected chi connectivity index (χ3v) is 8.26. The van der Waals surface area contributed by atoms with Gasteiger partial charge in [0.15, 0.2) is 0 Å². The van der Waals surface area contributed by atoms with Crippen molar-refractivity contribution in [1.82, 2.24) is 25.8 Å². The lowest BCUT2D eigenvalue weighted by Crippen LogP contribution is -2.64. The molecule has 0 aromatic heterocycles. The molecular formula is C38H53N5O9. The van der Waals surface area contributed by atoms with E-state index in [1.165, 1.54) is 28.9 Å². The van der Waals surface area contributed by atoms with Crippen LogP contribution in [-0.2, 0) is 46.3 Å². The summed E-state index contributed by atoms with van der Waals surface area (Å²) >= 11 is 0. The van der Waals surface area contributed by atoms with Crippen LogP contribution >= 0.6 is 0 Å². The van der Waals surface area contributed by atoms with Crippen molar-refractivity contribution in [3.63, 3.8) is 0 Å². The number of esters is 1. The first-order chi connectivity index (χ1) is 24.5. The van der Waals surface area contributed by atoms with Crippen LogP contribution in [0.4, 0.5) is 4.79 Å². The highest BCUT2D eigenvalue weighted by atomic mass is 16.6. The lowest BCUT2D eigenvalue weighted by molar-refractivity contribution is -0.149. The van der Waals surface area contributed by atoms with Crippen LogP contribution in [0.5, 0.6) is 5.75 Å². The average molecular weight is 724 g/mol. The standard InChI is InChI=1S/C38H53N5O9/c1-8-51-36(49)29(21-27-14-16-28(44)17-15-27)41-33(46)25(4)40-32(45)23-39-34(47)30(22-26-12-10-9-11-13-26)42-18-19-43(37(50)52-38(5,6)7)31(35(42)48)20-24(2)3/h9-17,24-25,29-31,44H,8,18-23H2,1-7H3,(H,39,47)(H,40,45)(H,41,46)/t25-,29+,30+,31+/m1/s1. The van der Waals surface area contributed by atoms with E-state index in [9.17, 15) is 33.9 Å². The number of piperazine rings is 1. The summed E-state index contributed by atoms with van der Waals surface area (Å²) < 4.78 is 10.7. The molecule has 3 rings (SSSR count). The summed E-state index contributed by atoms with van der Waals surface area (Å²) in [4.78, 5) is 82.5. The van der Waals surface area contributed by atoms with E-state index < -0.39 is 66.1 Å². The summed E-state index contributed by atoms with van der Waals surface area (Å²) in [5.74, 6) is -2.82. The lowest BCUT2D eigenvalue weighted by Gasteiger charge is -2.44. The number of carbonyl (C=O) groups is 6. The van der Waals surface area contributed by atoms with Gasteiger partial charge < -0.3 is 35.4 Å². The van der Waals surface area contributed by atoms with Crippen molar-refractivity contribution < 1.29 is 43.3 Å². The number of phenols is 1. The Balaban J connectivity index is 1.70. The van der Waals surface area contributed by atoms with E-state index in [1.54, 1.807) is 39.8 Å². The Hall–Kier alpha value is -5.14. The molecule has 14 nitrogen and oxygen atoms in total. The largest absolute Gasteiger partial charge is 0.508 e. The maximum Gasteiger partial charge on any atom is 0.411 e. The first kappa shape index (κ1) is 41.3. The Morgan fingerprint density at radius 2 is 1.52 bits per heavy atom. The normalized spacial score (nSPS) is 16.4. The topological polar surface area (TPSA) is 184 Å². The van der Waals surface area contributed by atoms with Crippen molar-refractivity contribution in [2.45, 2.75) is 97.5 Å². The Morgan fingerprint density at radius 3 is 2.12 bits per heavy atom. The van der Waals surface area contributed by atoms with Gasteiger partial charge in [0.25, 0.3) is 0 Å². The number of nitrogens with one attached hydrogen (secondary N) is 3. The number of aromatic hydroxyl groups is 1. The summed E-state index contributed by atoms with van der Waals surface area (Å²) in [6.07, 6.45) is 0.0186. The predicted molar refractivity (Wildman–Crippen MR) is 193 cm³/mol. The molecule has 2 aromatic carbocycles. The highest BCUT2D eigenvalue weighted by molar-refractivity contribution is 5.95. The van der Waals surface area contributed by atoms with E-state index in [1.807, 2.05) is 44.2 Å². The second-order valence-corrected chi connectivity index (χ2v) is 14.2. The zero-order valence-electron chi connectivity index (χ0n) is 31.1. The summed E-state index contributed by atoms with van der Waals surface area (Å²) in [6, 6.07) is 11.4. The van der Waals surface area contributed by atoms with Gasteiger partial charge in [0, 0.05) is 25.9 Å². The highest BCUT2D eigenvalue weighted by Gasteiger charge is 2.43.